The second-order valence-electron chi connectivity index (χ2n) is 17.7. The molecular weight excluding hydrogens is 805 g/mol. The van der Waals surface area contributed by atoms with Gasteiger partial charge in [0.05, 0.1) is 0 Å². The van der Waals surface area contributed by atoms with Crippen LogP contribution >= 0.6 is 0 Å². The van der Waals surface area contributed by atoms with E-state index in [0.717, 1.165) is 116 Å². The molecule has 0 aliphatic heterocycles. The van der Waals surface area contributed by atoms with Crippen LogP contribution in [-0.2, 0) is 28.6 Å². The Kier molecular flexibility index (Phi) is 50.4. The summed E-state index contributed by atoms with van der Waals surface area (Å²) in [5, 5.41) is 0. The van der Waals surface area contributed by atoms with E-state index in [4.69, 9.17) is 14.2 Å². The highest BCUT2D eigenvalue weighted by Crippen LogP contribution is 2.14. The quantitative estimate of drug-likeness (QED) is 0.0262. The number of hydrogen-bond donors (Lipinski definition) is 0. The van der Waals surface area contributed by atoms with E-state index in [1.165, 1.54) is 96.3 Å². The molecule has 0 heterocycles. The van der Waals surface area contributed by atoms with Gasteiger partial charge in [-0.05, 0) is 116 Å². The molecule has 0 aliphatic carbocycles. The van der Waals surface area contributed by atoms with E-state index in [2.05, 4.69) is 106 Å². The van der Waals surface area contributed by atoms with Gasteiger partial charge in [-0.1, -0.05) is 202 Å². The lowest BCUT2D eigenvalue weighted by molar-refractivity contribution is -0.167. The summed E-state index contributed by atoms with van der Waals surface area (Å²) in [5.41, 5.74) is 0. The van der Waals surface area contributed by atoms with Crippen LogP contribution in [-0.4, -0.2) is 37.2 Å². The first-order chi connectivity index (χ1) is 32.0. The van der Waals surface area contributed by atoms with E-state index in [1.54, 1.807) is 0 Å². The molecule has 0 spiro atoms. The fourth-order valence-electron chi connectivity index (χ4n) is 7.28. The van der Waals surface area contributed by atoms with Crippen LogP contribution in [0.1, 0.15) is 252 Å². The fraction of sp³-hybridized carbons (Fsp3) is 0.712. The average Bonchev–Trinajstić information content (AvgIpc) is 3.30. The monoisotopic (exact) mass is 905 g/mol. The van der Waals surface area contributed by atoms with Crippen molar-refractivity contribution in [2.75, 3.05) is 13.2 Å². The minimum atomic E-state index is -0.794. The molecule has 0 aromatic heterocycles. The van der Waals surface area contributed by atoms with Crippen molar-refractivity contribution < 1.29 is 28.6 Å². The van der Waals surface area contributed by atoms with E-state index < -0.39 is 6.10 Å². The van der Waals surface area contributed by atoms with Crippen molar-refractivity contribution in [3.8, 4) is 0 Å². The van der Waals surface area contributed by atoms with Gasteiger partial charge in [-0.2, -0.15) is 0 Å². The highest BCUT2D eigenvalue weighted by molar-refractivity contribution is 5.71. The van der Waals surface area contributed by atoms with Crippen molar-refractivity contribution in [3.05, 3.63) is 85.1 Å². The molecule has 0 aliphatic rings. The zero-order valence-electron chi connectivity index (χ0n) is 42.5. The van der Waals surface area contributed by atoms with Crippen LogP contribution in [0, 0.1) is 0 Å². The maximum absolute atomic E-state index is 12.8. The van der Waals surface area contributed by atoms with Gasteiger partial charge in [0.15, 0.2) is 6.10 Å². The smallest absolute Gasteiger partial charge is 0.306 e. The zero-order valence-corrected chi connectivity index (χ0v) is 42.5. The molecule has 0 rings (SSSR count). The molecule has 0 N–H and O–H groups in total. The minimum Gasteiger partial charge on any atom is -0.462 e. The predicted molar refractivity (Wildman–Crippen MR) is 279 cm³/mol. The summed E-state index contributed by atoms with van der Waals surface area (Å²) >= 11 is 0. The van der Waals surface area contributed by atoms with Crippen LogP contribution < -0.4 is 0 Å². The normalized spacial score (nSPS) is 12.7. The number of unbranched alkanes of at least 4 members (excludes halogenated alkanes) is 23. The summed E-state index contributed by atoms with van der Waals surface area (Å²) in [6, 6.07) is 0. The highest BCUT2D eigenvalue weighted by atomic mass is 16.6. The first kappa shape index (κ1) is 61.6. The van der Waals surface area contributed by atoms with E-state index in [-0.39, 0.29) is 31.1 Å². The Hall–Kier alpha value is -3.41. The first-order valence-corrected chi connectivity index (χ1v) is 27.1. The van der Waals surface area contributed by atoms with Gasteiger partial charge >= 0.3 is 17.9 Å². The highest BCUT2D eigenvalue weighted by Gasteiger charge is 2.19. The summed E-state index contributed by atoms with van der Waals surface area (Å²) in [6.45, 7) is 6.45. The van der Waals surface area contributed by atoms with E-state index in [9.17, 15) is 14.4 Å². The van der Waals surface area contributed by atoms with Gasteiger partial charge in [0.2, 0.25) is 0 Å². The molecule has 65 heavy (non-hydrogen) atoms. The molecule has 1 atom stereocenters. The number of rotatable bonds is 48. The summed E-state index contributed by atoms with van der Waals surface area (Å²) < 4.78 is 16.8. The third-order valence-electron chi connectivity index (χ3n) is 11.4. The fourth-order valence-corrected chi connectivity index (χ4v) is 7.28. The molecule has 0 amide bonds. The van der Waals surface area contributed by atoms with Crippen molar-refractivity contribution in [1.82, 2.24) is 0 Å². The number of ether oxygens (including phenoxy) is 3. The Labute approximate surface area is 401 Å². The van der Waals surface area contributed by atoms with Crippen molar-refractivity contribution in [2.45, 2.75) is 258 Å². The summed E-state index contributed by atoms with van der Waals surface area (Å²) in [7, 11) is 0. The predicted octanol–water partition coefficient (Wildman–Crippen LogP) is 18.0. The Bertz CT molecular complexity index is 1270. The molecule has 6 nitrogen and oxygen atoms in total. The molecule has 0 unspecified atom stereocenters. The number of hydrogen-bond acceptors (Lipinski definition) is 6. The van der Waals surface area contributed by atoms with Crippen LogP contribution in [0.5, 0.6) is 0 Å². The van der Waals surface area contributed by atoms with Gasteiger partial charge < -0.3 is 14.2 Å². The van der Waals surface area contributed by atoms with Crippen molar-refractivity contribution >= 4 is 17.9 Å². The number of carbonyl (C=O) groups excluding carboxylic acids is 3. The first-order valence-electron chi connectivity index (χ1n) is 27.1. The van der Waals surface area contributed by atoms with Gasteiger partial charge in [0.1, 0.15) is 13.2 Å². The second kappa shape index (κ2) is 53.2. The van der Waals surface area contributed by atoms with Crippen LogP contribution in [0.3, 0.4) is 0 Å². The molecule has 0 saturated heterocycles. The van der Waals surface area contributed by atoms with Crippen LogP contribution in [0.15, 0.2) is 85.1 Å². The van der Waals surface area contributed by atoms with Crippen LogP contribution in [0.2, 0.25) is 0 Å². The zero-order chi connectivity index (χ0) is 47.2. The van der Waals surface area contributed by atoms with E-state index in [0.29, 0.717) is 19.3 Å². The largest absolute Gasteiger partial charge is 0.462 e. The average molecular weight is 905 g/mol. The Morgan fingerprint density at radius 2 is 0.600 bits per heavy atom. The third kappa shape index (κ3) is 51.4. The maximum atomic E-state index is 12.8. The van der Waals surface area contributed by atoms with E-state index in [1.807, 2.05) is 0 Å². The van der Waals surface area contributed by atoms with Gasteiger partial charge in [-0.25, -0.2) is 0 Å². The second-order valence-corrected chi connectivity index (χ2v) is 17.7. The van der Waals surface area contributed by atoms with Gasteiger partial charge in [-0.3, -0.25) is 14.4 Å². The molecule has 0 aromatic rings. The summed E-state index contributed by atoms with van der Waals surface area (Å²) in [6.07, 6.45) is 68.5. The molecule has 0 aromatic carbocycles. The lowest BCUT2D eigenvalue weighted by Crippen LogP contribution is -2.30. The minimum absolute atomic E-state index is 0.0924. The molecule has 0 bridgehead atoms. The van der Waals surface area contributed by atoms with Gasteiger partial charge in [0, 0.05) is 19.3 Å². The topological polar surface area (TPSA) is 78.9 Å². The van der Waals surface area contributed by atoms with Crippen molar-refractivity contribution in [2.24, 2.45) is 0 Å². The SMILES string of the molecule is CC/C=C\C/C=C\C/C=C\C/C=C\CCCCCCC(=O)OC[C@H](COC(=O)CCCCCCC/C=C\CCCCCC)OC(=O)CCCCCCCCC/C=C\C/C=C\CCCCC. The Morgan fingerprint density at radius 1 is 0.323 bits per heavy atom. The number of allylic oxidation sites excluding steroid dienone is 14. The van der Waals surface area contributed by atoms with Crippen LogP contribution in [0.4, 0.5) is 0 Å². The molecule has 372 valence electrons. The van der Waals surface area contributed by atoms with Crippen LogP contribution in [0.25, 0.3) is 0 Å². The molecule has 0 radical (unpaired) electrons. The molecule has 0 fully saturated rings. The Balaban J connectivity index is 4.45. The summed E-state index contributed by atoms with van der Waals surface area (Å²) in [5.74, 6) is -0.931. The van der Waals surface area contributed by atoms with Gasteiger partial charge in [-0.15, -0.1) is 0 Å². The number of esters is 3. The lowest BCUT2D eigenvalue weighted by Gasteiger charge is -2.18. The standard InChI is InChI=1S/C59H100O6/c1-4-7-10-13-16-19-22-25-27-29-31-34-37-40-43-46-49-52-58(61)64-55-56(54-63-57(60)51-48-45-42-39-36-33-24-21-18-15-12-9-6-3)65-59(62)53-50-47-44-41-38-35-32-30-28-26-23-20-17-14-11-8-5-2/h7,10,16-17,19-21,24-28,31,34,56H,4-6,8-9,11-15,18,22-23,29-30,32-33,35-55H2,1-3H3/b10-7-,19-16-,20-17-,24-21-,27-25-,28-26-,34-31-/t56-/m0/s1. The third-order valence-corrected chi connectivity index (χ3v) is 11.4. The maximum Gasteiger partial charge on any atom is 0.306 e. The number of carbonyl (C=O) groups is 3. The molecule has 0 saturated carbocycles. The summed E-state index contributed by atoms with van der Waals surface area (Å²) in [4.78, 5) is 38.1. The molecular formula is C59H100O6. The van der Waals surface area contributed by atoms with Crippen molar-refractivity contribution in [3.63, 3.8) is 0 Å². The lowest BCUT2D eigenvalue weighted by atomic mass is 10.1. The van der Waals surface area contributed by atoms with E-state index >= 15 is 0 Å². The Morgan fingerprint density at radius 3 is 0.985 bits per heavy atom. The molecule has 6 heteroatoms. The van der Waals surface area contributed by atoms with Crippen molar-refractivity contribution in [1.29, 1.82) is 0 Å². The van der Waals surface area contributed by atoms with Gasteiger partial charge in [0.25, 0.3) is 0 Å².